The van der Waals surface area contributed by atoms with Gasteiger partial charge in [-0.25, -0.2) is 0 Å². The Labute approximate surface area is 91.0 Å². The number of thiophene rings is 2. The Bertz CT molecular complexity index is 323. The molecule has 1 amide bonds. The first-order valence-corrected chi connectivity index (χ1v) is 5.94. The minimum absolute atomic E-state index is 0.270. The average molecular weight is 225 g/mol. The third kappa shape index (κ3) is 4.79. The highest BCUT2D eigenvalue weighted by molar-refractivity contribution is 7.08. The molecule has 0 radical (unpaired) electrons. The van der Waals surface area contributed by atoms with E-state index in [1.165, 1.54) is 0 Å². The quantitative estimate of drug-likeness (QED) is 0.838. The van der Waals surface area contributed by atoms with E-state index in [1.807, 2.05) is 39.7 Å². The predicted octanol–water partition coefficient (Wildman–Crippen LogP) is 2.52. The molecule has 0 aromatic carbocycles. The van der Waals surface area contributed by atoms with Crippen molar-refractivity contribution in [2.75, 3.05) is 0 Å². The summed E-state index contributed by atoms with van der Waals surface area (Å²) < 4.78 is 0. The molecular weight excluding hydrogens is 214 g/mol. The van der Waals surface area contributed by atoms with Gasteiger partial charge in [-0.3, -0.25) is 4.79 Å². The molecule has 0 aliphatic rings. The zero-order chi connectivity index (χ0) is 10.2. The molecule has 2 nitrogen and oxygen atoms in total. The van der Waals surface area contributed by atoms with Crippen LogP contribution >= 0.6 is 22.7 Å². The van der Waals surface area contributed by atoms with Crippen molar-refractivity contribution in [3.05, 3.63) is 45.3 Å². The van der Waals surface area contributed by atoms with Crippen molar-refractivity contribution in [2.45, 2.75) is 6.42 Å². The minimum atomic E-state index is -0.270. The molecule has 0 fully saturated rings. The average Bonchev–Trinajstić information content (AvgIpc) is 2.75. The minimum Gasteiger partial charge on any atom is -0.369 e. The number of carbonyl (C=O) groups excluding carboxylic acids is 1. The van der Waals surface area contributed by atoms with Crippen LogP contribution < -0.4 is 5.73 Å². The van der Waals surface area contributed by atoms with Gasteiger partial charge < -0.3 is 5.73 Å². The molecule has 4 heteroatoms. The summed E-state index contributed by atoms with van der Waals surface area (Å²) in [6.45, 7) is 0. The van der Waals surface area contributed by atoms with Crippen LogP contribution in [0.2, 0.25) is 0 Å². The van der Waals surface area contributed by atoms with Crippen molar-refractivity contribution in [2.24, 2.45) is 5.73 Å². The molecule has 14 heavy (non-hydrogen) atoms. The Morgan fingerprint density at radius 1 is 1.21 bits per heavy atom. The highest BCUT2D eigenvalue weighted by Gasteiger charge is 1.95. The Morgan fingerprint density at radius 2 is 1.93 bits per heavy atom. The number of hydrogen-bond acceptors (Lipinski definition) is 3. The van der Waals surface area contributed by atoms with Crippen LogP contribution in [0, 0.1) is 0 Å². The van der Waals surface area contributed by atoms with E-state index in [2.05, 4.69) is 0 Å². The van der Waals surface area contributed by atoms with Crippen LogP contribution in [-0.2, 0) is 11.2 Å². The second-order valence-electron chi connectivity index (χ2n) is 2.57. The smallest absolute Gasteiger partial charge is 0.221 e. The van der Waals surface area contributed by atoms with Crippen LogP contribution in [0.15, 0.2) is 39.7 Å². The van der Waals surface area contributed by atoms with Crippen molar-refractivity contribution >= 4 is 28.6 Å². The van der Waals surface area contributed by atoms with Gasteiger partial charge in [-0.2, -0.15) is 22.7 Å². The van der Waals surface area contributed by atoms with Crippen LogP contribution in [0.4, 0.5) is 0 Å². The fourth-order valence-corrected chi connectivity index (χ4v) is 1.94. The molecule has 2 N–H and O–H groups in total. The topological polar surface area (TPSA) is 43.1 Å². The fourth-order valence-electron chi connectivity index (χ4n) is 0.821. The Kier molecular flexibility index (Phi) is 4.96. The standard InChI is InChI=1S/C6H7NOS.C4H4S/c7-6(8)3-5-1-2-9-4-5;1-2-4-5-3-1/h1-2,4H,3H2,(H2,7,8);1-4H. The van der Waals surface area contributed by atoms with Crippen molar-refractivity contribution in [1.82, 2.24) is 0 Å². The predicted molar refractivity (Wildman–Crippen MR) is 61.5 cm³/mol. The maximum absolute atomic E-state index is 10.3. The number of amides is 1. The monoisotopic (exact) mass is 225 g/mol. The van der Waals surface area contributed by atoms with E-state index in [1.54, 1.807) is 22.7 Å². The van der Waals surface area contributed by atoms with Crippen molar-refractivity contribution in [3.8, 4) is 0 Å². The lowest BCUT2D eigenvalue weighted by molar-refractivity contribution is -0.117. The van der Waals surface area contributed by atoms with Crippen LogP contribution in [0.1, 0.15) is 5.56 Å². The molecule has 0 unspecified atom stereocenters. The van der Waals surface area contributed by atoms with Crippen LogP contribution in [0.3, 0.4) is 0 Å². The van der Waals surface area contributed by atoms with Crippen LogP contribution in [-0.4, -0.2) is 5.91 Å². The molecule has 74 valence electrons. The van der Waals surface area contributed by atoms with Crippen molar-refractivity contribution < 1.29 is 4.79 Å². The maximum atomic E-state index is 10.3. The van der Waals surface area contributed by atoms with E-state index in [0.29, 0.717) is 6.42 Å². The van der Waals surface area contributed by atoms with Gasteiger partial charge in [0.15, 0.2) is 0 Å². The molecule has 0 bridgehead atoms. The van der Waals surface area contributed by atoms with Crippen LogP contribution in [0.25, 0.3) is 0 Å². The Hall–Kier alpha value is -1.13. The summed E-state index contributed by atoms with van der Waals surface area (Å²) in [6.07, 6.45) is 0.365. The van der Waals surface area contributed by atoms with Gasteiger partial charge in [-0.15, -0.1) is 0 Å². The van der Waals surface area contributed by atoms with E-state index in [0.717, 1.165) is 5.56 Å². The molecule has 0 atom stereocenters. The molecule has 0 aliphatic heterocycles. The fraction of sp³-hybridized carbons (Fsp3) is 0.100. The van der Waals surface area contributed by atoms with Crippen molar-refractivity contribution in [1.29, 1.82) is 0 Å². The van der Waals surface area contributed by atoms with E-state index in [-0.39, 0.29) is 5.91 Å². The zero-order valence-corrected chi connectivity index (χ0v) is 9.18. The van der Waals surface area contributed by atoms with Gasteiger partial charge in [0, 0.05) is 0 Å². The SMILES string of the molecule is NC(=O)Cc1ccsc1.c1ccsc1. The van der Waals surface area contributed by atoms with E-state index in [9.17, 15) is 4.79 Å². The van der Waals surface area contributed by atoms with Gasteiger partial charge in [0.25, 0.3) is 0 Å². The maximum Gasteiger partial charge on any atom is 0.221 e. The lowest BCUT2D eigenvalue weighted by Gasteiger charge is -1.86. The molecule has 0 saturated heterocycles. The number of rotatable bonds is 2. The third-order valence-electron chi connectivity index (χ3n) is 1.38. The molecule has 2 aromatic rings. The first kappa shape index (κ1) is 10.9. The third-order valence-corrected chi connectivity index (χ3v) is 2.74. The summed E-state index contributed by atoms with van der Waals surface area (Å²) >= 11 is 3.29. The van der Waals surface area contributed by atoms with E-state index >= 15 is 0 Å². The summed E-state index contributed by atoms with van der Waals surface area (Å²) in [4.78, 5) is 10.3. The van der Waals surface area contributed by atoms with Gasteiger partial charge in [-0.05, 0) is 33.2 Å². The van der Waals surface area contributed by atoms with Gasteiger partial charge in [0.05, 0.1) is 6.42 Å². The van der Waals surface area contributed by atoms with Gasteiger partial charge >= 0.3 is 0 Å². The normalized spacial score (nSPS) is 8.86. The number of nitrogens with two attached hydrogens (primary N) is 1. The summed E-state index contributed by atoms with van der Waals surface area (Å²) in [7, 11) is 0. The van der Waals surface area contributed by atoms with Crippen LogP contribution in [0.5, 0.6) is 0 Å². The van der Waals surface area contributed by atoms with Gasteiger partial charge in [0.2, 0.25) is 5.91 Å². The Morgan fingerprint density at radius 3 is 2.29 bits per heavy atom. The molecule has 0 aliphatic carbocycles. The molecular formula is C10H11NOS2. The second-order valence-corrected chi connectivity index (χ2v) is 4.16. The number of carbonyl (C=O) groups is 1. The Balaban J connectivity index is 0.000000165. The lowest BCUT2D eigenvalue weighted by atomic mass is 10.2. The zero-order valence-electron chi connectivity index (χ0n) is 7.55. The first-order chi connectivity index (χ1) is 6.79. The van der Waals surface area contributed by atoms with E-state index < -0.39 is 0 Å². The largest absolute Gasteiger partial charge is 0.369 e. The highest BCUT2D eigenvalue weighted by Crippen LogP contribution is 2.05. The van der Waals surface area contributed by atoms with Crippen molar-refractivity contribution in [3.63, 3.8) is 0 Å². The van der Waals surface area contributed by atoms with E-state index in [4.69, 9.17) is 5.73 Å². The highest BCUT2D eigenvalue weighted by atomic mass is 32.1. The second kappa shape index (κ2) is 6.34. The summed E-state index contributed by atoms with van der Waals surface area (Å²) in [6, 6.07) is 5.94. The number of hydrogen-bond donors (Lipinski definition) is 1. The summed E-state index contributed by atoms with van der Waals surface area (Å²) in [5.74, 6) is -0.270. The first-order valence-electron chi connectivity index (χ1n) is 4.05. The van der Waals surface area contributed by atoms with Gasteiger partial charge in [-0.1, -0.05) is 12.1 Å². The molecule has 2 heterocycles. The number of primary amides is 1. The summed E-state index contributed by atoms with van der Waals surface area (Å²) in [5, 5.41) is 7.93. The summed E-state index contributed by atoms with van der Waals surface area (Å²) in [5.41, 5.74) is 5.96. The molecule has 2 rings (SSSR count). The molecule has 0 saturated carbocycles. The van der Waals surface area contributed by atoms with Gasteiger partial charge in [0.1, 0.15) is 0 Å². The molecule has 2 aromatic heterocycles. The lowest BCUT2D eigenvalue weighted by Crippen LogP contribution is -2.12. The molecule has 0 spiro atoms.